The van der Waals surface area contributed by atoms with Crippen molar-refractivity contribution in [2.75, 3.05) is 7.05 Å². The van der Waals surface area contributed by atoms with Crippen molar-refractivity contribution in [2.24, 2.45) is 0 Å². The van der Waals surface area contributed by atoms with Crippen LogP contribution >= 0.6 is 22.7 Å². The second-order valence-corrected chi connectivity index (χ2v) is 5.91. The first-order chi connectivity index (χ1) is 7.22. The van der Waals surface area contributed by atoms with Crippen LogP contribution in [0.1, 0.15) is 26.2 Å². The van der Waals surface area contributed by atoms with Gasteiger partial charge in [-0.05, 0) is 44.0 Å². The normalized spacial score (nSPS) is 13.0. The Morgan fingerprint density at radius 1 is 1.33 bits per heavy atom. The van der Waals surface area contributed by atoms with Gasteiger partial charge in [-0.3, -0.25) is 0 Å². The van der Waals surface area contributed by atoms with Gasteiger partial charge in [-0.25, -0.2) is 0 Å². The largest absolute Gasteiger partial charge is 0.308 e. The van der Waals surface area contributed by atoms with Gasteiger partial charge in [-0.1, -0.05) is 6.07 Å². The van der Waals surface area contributed by atoms with Gasteiger partial charge in [-0.15, -0.1) is 22.7 Å². The molecule has 2 aromatic rings. The molecule has 0 amide bonds. The zero-order valence-corrected chi connectivity index (χ0v) is 10.8. The van der Waals surface area contributed by atoms with Crippen LogP contribution in [0.25, 0.3) is 0 Å². The van der Waals surface area contributed by atoms with E-state index in [1.54, 1.807) is 0 Å². The molecule has 0 aliphatic heterocycles. The Labute approximate surface area is 98.8 Å². The van der Waals surface area contributed by atoms with Crippen molar-refractivity contribution in [2.45, 2.75) is 19.9 Å². The van der Waals surface area contributed by atoms with Crippen LogP contribution in [0, 0.1) is 13.8 Å². The number of aryl methyl sites for hydroxylation is 2. The number of hydrogen-bond acceptors (Lipinski definition) is 3. The first-order valence-electron chi connectivity index (χ1n) is 5.00. The lowest BCUT2D eigenvalue weighted by Crippen LogP contribution is -2.15. The summed E-state index contributed by atoms with van der Waals surface area (Å²) >= 11 is 3.70. The number of thiophene rings is 2. The highest BCUT2D eigenvalue weighted by Crippen LogP contribution is 2.33. The lowest BCUT2D eigenvalue weighted by molar-refractivity contribution is 0.712. The summed E-state index contributed by atoms with van der Waals surface area (Å²) in [4.78, 5) is 4.22. The Balaban J connectivity index is 2.39. The van der Waals surface area contributed by atoms with Crippen LogP contribution in [0.4, 0.5) is 0 Å². The summed E-state index contributed by atoms with van der Waals surface area (Å²) in [6, 6.07) is 6.93. The van der Waals surface area contributed by atoms with Crippen LogP contribution in [-0.2, 0) is 0 Å². The molecule has 0 aliphatic rings. The predicted molar refractivity (Wildman–Crippen MR) is 69.0 cm³/mol. The molecule has 1 unspecified atom stereocenters. The highest BCUT2D eigenvalue weighted by Gasteiger charge is 2.17. The van der Waals surface area contributed by atoms with Gasteiger partial charge in [-0.2, -0.15) is 0 Å². The molecule has 1 atom stereocenters. The van der Waals surface area contributed by atoms with Crippen LogP contribution in [0.5, 0.6) is 0 Å². The molecule has 0 fully saturated rings. The summed E-state index contributed by atoms with van der Waals surface area (Å²) in [5, 5.41) is 5.53. The monoisotopic (exact) mass is 237 g/mol. The molecule has 2 heterocycles. The zero-order valence-electron chi connectivity index (χ0n) is 9.20. The minimum Gasteiger partial charge on any atom is -0.308 e. The molecule has 80 valence electrons. The Bertz CT molecular complexity index is 428. The molecule has 1 N–H and O–H groups in total. The summed E-state index contributed by atoms with van der Waals surface area (Å²) in [6.07, 6.45) is 0. The fourth-order valence-corrected chi connectivity index (χ4v) is 3.89. The second-order valence-electron chi connectivity index (χ2n) is 3.64. The lowest BCUT2D eigenvalue weighted by Gasteiger charge is -2.13. The molecular weight excluding hydrogens is 222 g/mol. The van der Waals surface area contributed by atoms with Crippen molar-refractivity contribution < 1.29 is 0 Å². The van der Waals surface area contributed by atoms with Crippen molar-refractivity contribution in [1.82, 2.24) is 5.32 Å². The summed E-state index contributed by atoms with van der Waals surface area (Å²) in [7, 11) is 2.03. The van der Waals surface area contributed by atoms with Crippen molar-refractivity contribution >= 4 is 22.7 Å². The first-order valence-corrected chi connectivity index (χ1v) is 6.69. The Morgan fingerprint density at radius 3 is 2.60 bits per heavy atom. The van der Waals surface area contributed by atoms with E-state index in [4.69, 9.17) is 0 Å². The zero-order chi connectivity index (χ0) is 10.8. The third-order valence-electron chi connectivity index (χ3n) is 2.46. The van der Waals surface area contributed by atoms with Gasteiger partial charge in [0.1, 0.15) is 0 Å². The SMILES string of the molecule is CNC(c1cccs1)c1sc(C)cc1C. The van der Waals surface area contributed by atoms with Crippen LogP contribution in [0.2, 0.25) is 0 Å². The van der Waals surface area contributed by atoms with E-state index in [-0.39, 0.29) is 0 Å². The van der Waals surface area contributed by atoms with Gasteiger partial charge >= 0.3 is 0 Å². The van der Waals surface area contributed by atoms with E-state index >= 15 is 0 Å². The highest BCUT2D eigenvalue weighted by atomic mass is 32.1. The topological polar surface area (TPSA) is 12.0 Å². The third kappa shape index (κ3) is 2.14. The summed E-state index contributed by atoms with van der Waals surface area (Å²) in [5.74, 6) is 0. The van der Waals surface area contributed by atoms with E-state index in [0.29, 0.717) is 6.04 Å². The number of nitrogens with one attached hydrogen (secondary N) is 1. The van der Waals surface area contributed by atoms with Crippen LogP contribution in [-0.4, -0.2) is 7.05 Å². The number of rotatable bonds is 3. The van der Waals surface area contributed by atoms with Gasteiger partial charge < -0.3 is 5.32 Å². The molecule has 2 rings (SSSR count). The molecule has 0 spiro atoms. The molecule has 0 saturated heterocycles. The molecule has 3 heteroatoms. The molecule has 0 radical (unpaired) electrons. The second kappa shape index (κ2) is 4.47. The molecule has 0 saturated carbocycles. The maximum atomic E-state index is 3.40. The molecule has 1 nitrogen and oxygen atoms in total. The Kier molecular flexibility index (Phi) is 3.24. The molecule has 0 bridgehead atoms. The van der Waals surface area contributed by atoms with E-state index in [9.17, 15) is 0 Å². The van der Waals surface area contributed by atoms with Crippen molar-refractivity contribution in [1.29, 1.82) is 0 Å². The van der Waals surface area contributed by atoms with E-state index in [2.05, 4.69) is 42.7 Å². The Hall–Kier alpha value is -0.640. The van der Waals surface area contributed by atoms with E-state index in [0.717, 1.165) is 0 Å². The maximum absolute atomic E-state index is 3.40. The average molecular weight is 237 g/mol. The highest BCUT2D eigenvalue weighted by molar-refractivity contribution is 7.13. The maximum Gasteiger partial charge on any atom is 0.0765 e. The molecule has 0 aromatic carbocycles. The van der Waals surface area contributed by atoms with Gasteiger partial charge in [0, 0.05) is 14.6 Å². The quantitative estimate of drug-likeness (QED) is 0.857. The van der Waals surface area contributed by atoms with Crippen LogP contribution in [0.15, 0.2) is 23.6 Å². The summed E-state index contributed by atoms with van der Waals surface area (Å²) < 4.78 is 0. The minimum absolute atomic E-state index is 0.365. The van der Waals surface area contributed by atoms with E-state index in [1.165, 1.54) is 20.2 Å². The lowest BCUT2D eigenvalue weighted by atomic mass is 10.1. The number of hydrogen-bond donors (Lipinski definition) is 1. The van der Waals surface area contributed by atoms with Gasteiger partial charge in [0.05, 0.1) is 6.04 Å². The predicted octanol–water partition coefficient (Wildman–Crippen LogP) is 3.74. The van der Waals surface area contributed by atoms with E-state index in [1.807, 2.05) is 29.7 Å². The molecular formula is C12H15NS2. The van der Waals surface area contributed by atoms with Crippen molar-refractivity contribution in [3.63, 3.8) is 0 Å². The fraction of sp³-hybridized carbons (Fsp3) is 0.333. The summed E-state index contributed by atoms with van der Waals surface area (Å²) in [5.41, 5.74) is 1.39. The fourth-order valence-electron chi connectivity index (χ4n) is 1.80. The van der Waals surface area contributed by atoms with E-state index < -0.39 is 0 Å². The Morgan fingerprint density at radius 2 is 2.13 bits per heavy atom. The smallest absolute Gasteiger partial charge is 0.0765 e. The molecule has 15 heavy (non-hydrogen) atoms. The van der Waals surface area contributed by atoms with Crippen molar-refractivity contribution in [3.8, 4) is 0 Å². The van der Waals surface area contributed by atoms with Crippen LogP contribution in [0.3, 0.4) is 0 Å². The van der Waals surface area contributed by atoms with Crippen LogP contribution < -0.4 is 5.32 Å². The standard InChI is InChI=1S/C12H15NS2/c1-8-7-9(2)15-12(8)11(13-3)10-5-4-6-14-10/h4-7,11,13H,1-3H3. The average Bonchev–Trinajstić information content (AvgIpc) is 2.79. The van der Waals surface area contributed by atoms with Gasteiger partial charge in [0.2, 0.25) is 0 Å². The minimum atomic E-state index is 0.365. The third-order valence-corrected chi connectivity index (χ3v) is 4.61. The van der Waals surface area contributed by atoms with Crippen molar-refractivity contribution in [3.05, 3.63) is 43.8 Å². The first kappa shape index (κ1) is 10.9. The van der Waals surface area contributed by atoms with Gasteiger partial charge in [0.15, 0.2) is 0 Å². The molecule has 0 aliphatic carbocycles. The summed E-state index contributed by atoms with van der Waals surface area (Å²) in [6.45, 7) is 4.36. The molecule has 2 aromatic heterocycles. The van der Waals surface area contributed by atoms with Gasteiger partial charge in [0.25, 0.3) is 0 Å².